The molecule has 1 aromatic heterocycles. The number of rotatable bonds is 6. The van der Waals surface area contributed by atoms with E-state index in [4.69, 9.17) is 9.84 Å². The summed E-state index contributed by atoms with van der Waals surface area (Å²) in [5, 5.41) is 9.26. The molecule has 0 N–H and O–H groups in total. The lowest BCUT2D eigenvalue weighted by atomic mass is 10.1. The van der Waals surface area contributed by atoms with Gasteiger partial charge in [-0.05, 0) is 72.3 Å². The topological polar surface area (TPSA) is 29.8 Å². The average Bonchev–Trinajstić information content (AvgIpc) is 3.28. The van der Waals surface area contributed by atoms with Crippen LogP contribution in [0, 0.1) is 0 Å². The molecule has 174 valence electrons. The van der Waals surface area contributed by atoms with Crippen LogP contribution in [0.4, 0.5) is 11.4 Å². The second-order valence-electron chi connectivity index (χ2n) is 8.55. The van der Waals surface area contributed by atoms with E-state index in [1.807, 2.05) is 59.8 Å². The number of aromatic nitrogens is 1. The zero-order chi connectivity index (χ0) is 24.3. The van der Waals surface area contributed by atoms with Crippen molar-refractivity contribution in [2.24, 2.45) is 5.10 Å². The summed E-state index contributed by atoms with van der Waals surface area (Å²) in [6, 6.07) is 43.6. The van der Waals surface area contributed by atoms with E-state index in [1.54, 1.807) is 7.11 Å². The minimum atomic E-state index is 0.847. The number of ether oxygens (including phenoxy) is 1. The predicted molar refractivity (Wildman–Crippen MR) is 150 cm³/mol. The number of methoxy groups -OCH3 is 1. The van der Waals surface area contributed by atoms with Gasteiger partial charge in [0.2, 0.25) is 0 Å². The largest absolute Gasteiger partial charge is 0.497 e. The molecule has 5 aromatic carbocycles. The first-order chi connectivity index (χ1) is 17.8. The first-order valence-electron chi connectivity index (χ1n) is 11.9. The van der Waals surface area contributed by atoms with Crippen molar-refractivity contribution in [1.29, 1.82) is 0 Å². The van der Waals surface area contributed by atoms with Crippen LogP contribution in [0.3, 0.4) is 0 Å². The second-order valence-corrected chi connectivity index (χ2v) is 8.55. The molecule has 4 heteroatoms. The number of benzene rings is 5. The summed E-state index contributed by atoms with van der Waals surface area (Å²) in [6.45, 7) is 0. The summed E-state index contributed by atoms with van der Waals surface area (Å²) < 4.78 is 7.66. The third-order valence-corrected chi connectivity index (χ3v) is 6.35. The predicted octanol–water partition coefficient (Wildman–Crippen LogP) is 7.96. The van der Waals surface area contributed by atoms with Crippen molar-refractivity contribution in [2.75, 3.05) is 12.1 Å². The molecule has 0 spiro atoms. The number of fused-ring (bicyclic) bond motifs is 3. The molecule has 36 heavy (non-hydrogen) atoms. The zero-order valence-corrected chi connectivity index (χ0v) is 20.0. The van der Waals surface area contributed by atoms with E-state index < -0.39 is 0 Å². The molecular formula is C32H25N3O. The summed E-state index contributed by atoms with van der Waals surface area (Å²) in [4.78, 5) is 0. The van der Waals surface area contributed by atoms with E-state index in [-0.39, 0.29) is 0 Å². The Labute approximate surface area is 210 Å². The van der Waals surface area contributed by atoms with Gasteiger partial charge in [-0.25, -0.2) is 5.01 Å². The molecular weight excluding hydrogens is 442 g/mol. The van der Waals surface area contributed by atoms with Crippen molar-refractivity contribution in [1.82, 2.24) is 4.57 Å². The Hall–Kier alpha value is -4.83. The van der Waals surface area contributed by atoms with Crippen molar-refractivity contribution in [3.63, 3.8) is 0 Å². The molecule has 0 aliphatic heterocycles. The molecule has 1 heterocycles. The maximum atomic E-state index is 5.36. The van der Waals surface area contributed by atoms with Gasteiger partial charge in [0.15, 0.2) is 0 Å². The standard InChI is InChI=1S/C32H25N3O/c1-36-28-19-17-25(18-20-28)34-31-15-9-8-14-29(31)30-22-24(16-21-32(30)34)23-33-35(26-10-4-2-5-11-26)27-12-6-3-7-13-27/h2-23H,1H3/b33-23+. The molecule has 0 saturated carbocycles. The number of hydrogen-bond donors (Lipinski definition) is 0. The molecule has 0 aliphatic rings. The van der Waals surface area contributed by atoms with Gasteiger partial charge < -0.3 is 9.30 Å². The van der Waals surface area contributed by atoms with Gasteiger partial charge in [-0.1, -0.05) is 60.7 Å². The smallest absolute Gasteiger partial charge is 0.119 e. The summed E-state index contributed by atoms with van der Waals surface area (Å²) >= 11 is 0. The van der Waals surface area contributed by atoms with E-state index in [9.17, 15) is 0 Å². The van der Waals surface area contributed by atoms with Gasteiger partial charge in [0.25, 0.3) is 0 Å². The van der Waals surface area contributed by atoms with Crippen LogP contribution in [-0.4, -0.2) is 17.9 Å². The molecule has 0 atom stereocenters. The van der Waals surface area contributed by atoms with Gasteiger partial charge in [0.05, 0.1) is 35.7 Å². The van der Waals surface area contributed by atoms with Crippen LogP contribution in [0.25, 0.3) is 27.5 Å². The number of hydrazone groups is 1. The first-order valence-corrected chi connectivity index (χ1v) is 11.9. The molecule has 0 fully saturated rings. The van der Waals surface area contributed by atoms with Crippen LogP contribution in [0.5, 0.6) is 5.75 Å². The molecule has 0 amide bonds. The Morgan fingerprint density at radius 2 is 1.25 bits per heavy atom. The van der Waals surface area contributed by atoms with Crippen LogP contribution in [0.1, 0.15) is 5.56 Å². The number of anilines is 2. The lowest BCUT2D eigenvalue weighted by Gasteiger charge is -2.19. The molecule has 0 bridgehead atoms. The van der Waals surface area contributed by atoms with E-state index in [0.29, 0.717) is 0 Å². The highest BCUT2D eigenvalue weighted by Crippen LogP contribution is 2.33. The minimum absolute atomic E-state index is 0.847. The van der Waals surface area contributed by atoms with Gasteiger partial charge >= 0.3 is 0 Å². The van der Waals surface area contributed by atoms with E-state index in [2.05, 4.69) is 83.4 Å². The Bertz CT molecular complexity index is 1610. The van der Waals surface area contributed by atoms with Crippen LogP contribution in [-0.2, 0) is 0 Å². The first kappa shape index (κ1) is 21.7. The summed E-state index contributed by atoms with van der Waals surface area (Å²) in [5.74, 6) is 0.847. The van der Waals surface area contributed by atoms with Crippen molar-refractivity contribution >= 4 is 39.4 Å². The molecule has 0 radical (unpaired) electrons. The lowest BCUT2D eigenvalue weighted by Crippen LogP contribution is -2.09. The van der Waals surface area contributed by atoms with Crippen LogP contribution < -0.4 is 9.75 Å². The summed E-state index contributed by atoms with van der Waals surface area (Å²) in [5.41, 5.74) is 6.48. The molecule has 6 aromatic rings. The highest BCUT2D eigenvalue weighted by atomic mass is 16.5. The molecule has 0 saturated heterocycles. The van der Waals surface area contributed by atoms with Crippen LogP contribution in [0.2, 0.25) is 0 Å². The lowest BCUT2D eigenvalue weighted by molar-refractivity contribution is 0.415. The maximum Gasteiger partial charge on any atom is 0.119 e. The van der Waals surface area contributed by atoms with Crippen molar-refractivity contribution in [3.8, 4) is 11.4 Å². The minimum Gasteiger partial charge on any atom is -0.497 e. The summed E-state index contributed by atoms with van der Waals surface area (Å²) in [7, 11) is 1.69. The third kappa shape index (κ3) is 3.99. The molecule has 0 aliphatic carbocycles. The van der Waals surface area contributed by atoms with Crippen molar-refractivity contribution in [2.45, 2.75) is 0 Å². The normalized spacial score (nSPS) is 11.4. The summed E-state index contributed by atoms with van der Waals surface area (Å²) in [6.07, 6.45) is 1.93. The SMILES string of the molecule is COc1ccc(-n2c3ccccc3c3cc(/C=N/N(c4ccccc4)c4ccccc4)ccc32)cc1. The van der Waals surface area contributed by atoms with Gasteiger partial charge in [-0.15, -0.1) is 0 Å². The van der Waals surface area contributed by atoms with E-state index >= 15 is 0 Å². The zero-order valence-electron chi connectivity index (χ0n) is 20.0. The van der Waals surface area contributed by atoms with Gasteiger partial charge in [0, 0.05) is 16.5 Å². The third-order valence-electron chi connectivity index (χ3n) is 6.35. The van der Waals surface area contributed by atoms with Gasteiger partial charge in [0.1, 0.15) is 5.75 Å². The number of para-hydroxylation sites is 3. The van der Waals surface area contributed by atoms with Crippen LogP contribution in [0.15, 0.2) is 132 Å². The Morgan fingerprint density at radius 1 is 0.639 bits per heavy atom. The quantitative estimate of drug-likeness (QED) is 0.184. The fraction of sp³-hybridized carbons (Fsp3) is 0.0312. The van der Waals surface area contributed by atoms with Crippen molar-refractivity contribution in [3.05, 3.63) is 133 Å². The highest BCUT2D eigenvalue weighted by molar-refractivity contribution is 6.10. The molecule has 0 unspecified atom stereocenters. The Kier molecular flexibility index (Phi) is 5.68. The highest BCUT2D eigenvalue weighted by Gasteiger charge is 2.13. The Balaban J connectivity index is 1.45. The monoisotopic (exact) mass is 467 g/mol. The molecule has 6 rings (SSSR count). The average molecular weight is 468 g/mol. The fourth-order valence-corrected chi connectivity index (χ4v) is 4.63. The van der Waals surface area contributed by atoms with Gasteiger partial charge in [-0.3, -0.25) is 0 Å². The molecule has 4 nitrogen and oxygen atoms in total. The van der Waals surface area contributed by atoms with E-state index in [0.717, 1.165) is 33.9 Å². The fourth-order valence-electron chi connectivity index (χ4n) is 4.63. The Morgan fingerprint density at radius 3 is 1.92 bits per heavy atom. The van der Waals surface area contributed by atoms with Crippen LogP contribution >= 0.6 is 0 Å². The van der Waals surface area contributed by atoms with Gasteiger partial charge in [-0.2, -0.15) is 5.10 Å². The second kappa shape index (κ2) is 9.43. The number of hydrogen-bond acceptors (Lipinski definition) is 3. The maximum absolute atomic E-state index is 5.36. The van der Waals surface area contributed by atoms with E-state index in [1.165, 1.54) is 16.3 Å². The van der Waals surface area contributed by atoms with Crippen molar-refractivity contribution < 1.29 is 4.74 Å². The number of nitrogens with zero attached hydrogens (tertiary/aromatic N) is 3.